The van der Waals surface area contributed by atoms with E-state index in [-0.39, 0.29) is 0 Å². The number of nitrogens with zero attached hydrogens (tertiary/aromatic N) is 1. The molecule has 3 nitrogen and oxygen atoms in total. The fourth-order valence-corrected chi connectivity index (χ4v) is 4.58. The molecular weight excluding hydrogens is 312 g/mol. The molecule has 0 amide bonds. The van der Waals surface area contributed by atoms with E-state index in [1.54, 1.807) is 0 Å². The van der Waals surface area contributed by atoms with E-state index < -0.39 is 9.04 Å². The maximum Gasteiger partial charge on any atom is 0.229 e. The molecule has 2 aromatic carbocycles. The monoisotopic (exact) mass is 338 g/mol. The van der Waals surface area contributed by atoms with Crippen LogP contribution < -0.4 is 14.6 Å². The van der Waals surface area contributed by atoms with Crippen LogP contribution in [0.4, 0.5) is 11.4 Å². The zero-order valence-electron chi connectivity index (χ0n) is 14.6. The first-order chi connectivity index (χ1) is 11.7. The standard InChI is InChI=1S/C20H26N2OSi/c1-24(2)23-20-10-9-15-13-17(21-18(20)14-15)16-7-3-4-8-19(16)22-11-5-6-12-22/h3-4,7-10,14,17,21,24H,5-6,11-13H2,1-2H3. The van der Waals surface area contributed by atoms with Crippen molar-refractivity contribution >= 4 is 20.4 Å². The molecule has 0 radical (unpaired) electrons. The van der Waals surface area contributed by atoms with E-state index in [9.17, 15) is 0 Å². The van der Waals surface area contributed by atoms with Gasteiger partial charge in [0.15, 0.2) is 0 Å². The molecule has 0 spiro atoms. The van der Waals surface area contributed by atoms with Crippen LogP contribution in [0, 0.1) is 0 Å². The number of benzene rings is 2. The van der Waals surface area contributed by atoms with E-state index in [2.05, 4.69) is 65.8 Å². The molecule has 24 heavy (non-hydrogen) atoms. The summed E-state index contributed by atoms with van der Waals surface area (Å²) in [4.78, 5) is 2.54. The number of hydrogen-bond donors (Lipinski definition) is 1. The number of fused-ring (bicyclic) bond motifs is 2. The van der Waals surface area contributed by atoms with Gasteiger partial charge in [0.25, 0.3) is 0 Å². The van der Waals surface area contributed by atoms with Crippen LogP contribution in [-0.2, 0) is 6.42 Å². The van der Waals surface area contributed by atoms with E-state index in [1.807, 2.05) is 0 Å². The highest BCUT2D eigenvalue weighted by atomic mass is 28.3. The minimum absolute atomic E-state index is 0.328. The lowest BCUT2D eigenvalue weighted by molar-refractivity contribution is 0.577. The molecule has 1 fully saturated rings. The van der Waals surface area contributed by atoms with Crippen LogP contribution >= 0.6 is 0 Å². The van der Waals surface area contributed by atoms with Gasteiger partial charge in [-0.3, -0.25) is 0 Å². The second kappa shape index (κ2) is 6.52. The van der Waals surface area contributed by atoms with Crippen LogP contribution in [0.25, 0.3) is 0 Å². The fourth-order valence-electron chi connectivity index (χ4n) is 3.86. The van der Waals surface area contributed by atoms with Crippen LogP contribution in [0.5, 0.6) is 5.75 Å². The van der Waals surface area contributed by atoms with E-state index in [4.69, 9.17) is 4.43 Å². The van der Waals surface area contributed by atoms with E-state index >= 15 is 0 Å². The van der Waals surface area contributed by atoms with E-state index in [0.29, 0.717) is 6.04 Å². The Balaban J connectivity index is 1.64. The number of nitrogens with one attached hydrogen (secondary N) is 1. The predicted molar refractivity (Wildman–Crippen MR) is 104 cm³/mol. The second-order valence-corrected chi connectivity index (χ2v) is 9.48. The lowest BCUT2D eigenvalue weighted by Crippen LogP contribution is -2.25. The molecule has 126 valence electrons. The third-order valence-corrected chi connectivity index (χ3v) is 5.66. The lowest BCUT2D eigenvalue weighted by atomic mass is 9.93. The number of para-hydroxylation sites is 1. The van der Waals surface area contributed by atoms with Gasteiger partial charge in [0.2, 0.25) is 9.04 Å². The minimum atomic E-state index is -1.10. The Hall–Kier alpha value is -1.94. The van der Waals surface area contributed by atoms with Crippen molar-refractivity contribution in [2.24, 2.45) is 0 Å². The average Bonchev–Trinajstić information content (AvgIpc) is 3.11. The smallest absolute Gasteiger partial charge is 0.229 e. The Morgan fingerprint density at radius 2 is 1.88 bits per heavy atom. The third-order valence-electron chi connectivity index (χ3n) is 4.94. The third kappa shape index (κ3) is 3.03. The highest BCUT2D eigenvalue weighted by molar-refractivity contribution is 6.49. The largest absolute Gasteiger partial charge is 0.546 e. The topological polar surface area (TPSA) is 24.5 Å². The van der Waals surface area contributed by atoms with Crippen LogP contribution in [-0.4, -0.2) is 22.1 Å². The molecular formula is C20H26N2OSi. The van der Waals surface area contributed by atoms with Crippen molar-refractivity contribution in [1.29, 1.82) is 0 Å². The Morgan fingerprint density at radius 1 is 1.08 bits per heavy atom. The zero-order valence-corrected chi connectivity index (χ0v) is 15.7. The van der Waals surface area contributed by atoms with Crippen molar-refractivity contribution in [2.45, 2.75) is 38.4 Å². The van der Waals surface area contributed by atoms with Gasteiger partial charge in [0.1, 0.15) is 5.75 Å². The van der Waals surface area contributed by atoms with Gasteiger partial charge < -0.3 is 14.6 Å². The predicted octanol–water partition coefficient (Wildman–Crippen LogP) is 4.36. The second-order valence-electron chi connectivity index (χ2n) is 7.15. The molecule has 2 heterocycles. The molecule has 2 aliphatic heterocycles. The van der Waals surface area contributed by atoms with Gasteiger partial charge >= 0.3 is 0 Å². The van der Waals surface area contributed by atoms with Gasteiger partial charge in [-0.25, -0.2) is 0 Å². The van der Waals surface area contributed by atoms with Crippen LogP contribution in [0.3, 0.4) is 0 Å². The van der Waals surface area contributed by atoms with Crippen molar-refractivity contribution in [3.63, 3.8) is 0 Å². The molecule has 0 aliphatic carbocycles. The summed E-state index contributed by atoms with van der Waals surface area (Å²) in [5, 5.41) is 3.74. The number of anilines is 2. The molecule has 2 bridgehead atoms. The summed E-state index contributed by atoms with van der Waals surface area (Å²) in [6, 6.07) is 15.8. The van der Waals surface area contributed by atoms with Crippen molar-refractivity contribution in [2.75, 3.05) is 23.3 Å². The first-order valence-electron chi connectivity index (χ1n) is 9.11. The molecule has 4 heteroatoms. The maximum absolute atomic E-state index is 6.11. The molecule has 1 unspecified atom stereocenters. The summed E-state index contributed by atoms with van der Waals surface area (Å²) in [5.41, 5.74) is 5.36. The first-order valence-corrected chi connectivity index (χ1v) is 11.9. The van der Waals surface area contributed by atoms with Crippen LogP contribution in [0.1, 0.15) is 30.0 Å². The van der Waals surface area contributed by atoms with Gasteiger partial charge in [0.05, 0.1) is 11.7 Å². The molecule has 0 saturated carbocycles. The van der Waals surface area contributed by atoms with Crippen LogP contribution in [0.2, 0.25) is 13.1 Å². The average molecular weight is 339 g/mol. The summed E-state index contributed by atoms with van der Waals surface area (Å²) in [7, 11) is -1.10. The van der Waals surface area contributed by atoms with Gasteiger partial charge in [-0.1, -0.05) is 24.3 Å². The Bertz CT molecular complexity index is 725. The summed E-state index contributed by atoms with van der Waals surface area (Å²) in [6.07, 6.45) is 3.65. The normalized spacial score (nSPS) is 19.5. The Morgan fingerprint density at radius 3 is 2.67 bits per heavy atom. The molecule has 1 atom stereocenters. The first kappa shape index (κ1) is 15.6. The quantitative estimate of drug-likeness (QED) is 0.838. The number of rotatable bonds is 4. The SMILES string of the molecule is C[SiH](C)Oc1ccc2cc1NC(c1ccccc1N1CCCC1)C2. The maximum atomic E-state index is 6.11. The molecule has 1 N–H and O–H groups in total. The van der Waals surface area contributed by atoms with E-state index in [1.165, 1.54) is 42.7 Å². The van der Waals surface area contributed by atoms with E-state index in [0.717, 1.165) is 17.9 Å². The van der Waals surface area contributed by atoms with Gasteiger partial charge in [0, 0.05) is 18.8 Å². The highest BCUT2D eigenvalue weighted by Gasteiger charge is 2.25. The molecule has 0 aromatic heterocycles. The van der Waals surface area contributed by atoms with Crippen molar-refractivity contribution < 1.29 is 4.43 Å². The molecule has 2 aromatic rings. The van der Waals surface area contributed by atoms with Crippen LogP contribution in [0.15, 0.2) is 42.5 Å². The molecule has 1 saturated heterocycles. The summed E-state index contributed by atoms with van der Waals surface area (Å²) in [5.74, 6) is 1.02. The summed E-state index contributed by atoms with van der Waals surface area (Å²) in [6.45, 7) is 6.79. The van der Waals surface area contributed by atoms with Gasteiger partial charge in [-0.15, -0.1) is 0 Å². The zero-order chi connectivity index (χ0) is 16.5. The minimum Gasteiger partial charge on any atom is -0.546 e. The summed E-state index contributed by atoms with van der Waals surface area (Å²) < 4.78 is 6.11. The highest BCUT2D eigenvalue weighted by Crippen LogP contribution is 2.39. The molecule has 4 rings (SSSR count). The molecule has 2 aliphatic rings. The van der Waals surface area contributed by atoms with Crippen molar-refractivity contribution in [3.8, 4) is 5.75 Å². The fraction of sp³-hybridized carbons (Fsp3) is 0.400. The number of hydrogen-bond acceptors (Lipinski definition) is 3. The van der Waals surface area contributed by atoms with Gasteiger partial charge in [-0.2, -0.15) is 0 Å². The summed E-state index contributed by atoms with van der Waals surface area (Å²) >= 11 is 0. The Kier molecular flexibility index (Phi) is 4.23. The lowest BCUT2D eigenvalue weighted by Gasteiger charge is -2.31. The van der Waals surface area contributed by atoms with Crippen molar-refractivity contribution in [3.05, 3.63) is 53.6 Å². The van der Waals surface area contributed by atoms with Gasteiger partial charge in [-0.05, 0) is 61.7 Å². The van der Waals surface area contributed by atoms with Crippen molar-refractivity contribution in [1.82, 2.24) is 0 Å². The Labute approximate surface area is 146 Å².